The van der Waals surface area contributed by atoms with Gasteiger partial charge in [0.1, 0.15) is 18.3 Å². The molecule has 0 aliphatic rings. The number of nitrogens with zero attached hydrogens (tertiary/aromatic N) is 2. The summed E-state index contributed by atoms with van der Waals surface area (Å²) in [4.78, 5) is 28.3. The lowest BCUT2D eigenvalue weighted by Gasteiger charge is -2.32. The van der Waals surface area contributed by atoms with E-state index in [1.54, 1.807) is 31.2 Å². The van der Waals surface area contributed by atoms with Crippen molar-refractivity contribution in [2.75, 3.05) is 38.2 Å². The van der Waals surface area contributed by atoms with Gasteiger partial charge < -0.3 is 24.4 Å². The van der Waals surface area contributed by atoms with Crippen molar-refractivity contribution in [3.63, 3.8) is 0 Å². The summed E-state index contributed by atoms with van der Waals surface area (Å²) in [5.41, 5.74) is 1.06. The third-order valence-electron chi connectivity index (χ3n) is 6.57. The maximum atomic E-state index is 14.1. The largest absolute Gasteiger partial charge is 0.494 e. The summed E-state index contributed by atoms with van der Waals surface area (Å²) < 4.78 is 45.4. The van der Waals surface area contributed by atoms with Gasteiger partial charge in [-0.2, -0.15) is 0 Å². The number of carbonyl (C=O) groups is 2. The van der Waals surface area contributed by atoms with E-state index in [1.807, 2.05) is 44.2 Å². The second-order valence-corrected chi connectivity index (χ2v) is 11.3. The van der Waals surface area contributed by atoms with Crippen LogP contribution in [0.25, 0.3) is 0 Å². The normalized spacial score (nSPS) is 11.7. The van der Waals surface area contributed by atoms with Crippen molar-refractivity contribution in [3.05, 3.63) is 78.4 Å². The number of amides is 2. The SMILES string of the molecule is CCCNC(=O)[C@@H](C)N(Cc1ccccc1)C(=O)CN(c1ccc(OCC)cc1)S(=O)(=O)c1ccc(OC)c(OC)c1. The third-order valence-corrected chi connectivity index (χ3v) is 8.34. The average molecular weight is 598 g/mol. The zero-order valence-electron chi connectivity index (χ0n) is 24.7. The zero-order chi connectivity index (χ0) is 30.7. The first kappa shape index (κ1) is 32.3. The number of hydrogen-bond acceptors (Lipinski definition) is 7. The standard InChI is InChI=1S/C31H39N3O7S/c1-6-19-32-31(36)23(3)33(21-24-11-9-8-10-12-24)30(35)22-34(25-13-15-26(16-14-25)41-7-2)42(37,38)27-17-18-28(39-4)29(20-27)40-5/h8-18,20,23H,6-7,19,21-22H2,1-5H3,(H,32,36)/t23-/m1/s1. The van der Waals surface area contributed by atoms with Crippen molar-refractivity contribution < 1.29 is 32.2 Å². The second kappa shape index (κ2) is 15.1. The highest BCUT2D eigenvalue weighted by Crippen LogP contribution is 2.33. The molecule has 0 aliphatic heterocycles. The fourth-order valence-electron chi connectivity index (χ4n) is 4.27. The van der Waals surface area contributed by atoms with Crippen LogP contribution in [0.1, 0.15) is 32.8 Å². The summed E-state index contributed by atoms with van der Waals surface area (Å²) in [5, 5.41) is 2.83. The predicted octanol–water partition coefficient (Wildman–Crippen LogP) is 4.24. The lowest BCUT2D eigenvalue weighted by Crippen LogP contribution is -2.51. The lowest BCUT2D eigenvalue weighted by molar-refractivity contribution is -0.139. The van der Waals surface area contributed by atoms with Gasteiger partial charge in [0.15, 0.2) is 11.5 Å². The summed E-state index contributed by atoms with van der Waals surface area (Å²) in [5.74, 6) is 0.278. The molecule has 10 nitrogen and oxygen atoms in total. The first-order valence-electron chi connectivity index (χ1n) is 13.7. The van der Waals surface area contributed by atoms with Gasteiger partial charge in [0.05, 0.1) is 31.4 Å². The van der Waals surface area contributed by atoms with Gasteiger partial charge in [-0.25, -0.2) is 8.42 Å². The van der Waals surface area contributed by atoms with E-state index in [0.717, 1.165) is 16.3 Å². The summed E-state index contributed by atoms with van der Waals surface area (Å²) in [6, 6.07) is 19.1. The first-order valence-corrected chi connectivity index (χ1v) is 15.2. The van der Waals surface area contributed by atoms with Crippen LogP contribution in [-0.2, 0) is 26.2 Å². The Morgan fingerprint density at radius 3 is 2.17 bits per heavy atom. The van der Waals surface area contributed by atoms with Crippen molar-refractivity contribution in [1.82, 2.24) is 10.2 Å². The van der Waals surface area contributed by atoms with Gasteiger partial charge in [-0.15, -0.1) is 0 Å². The number of nitrogens with one attached hydrogen (secondary N) is 1. The fourth-order valence-corrected chi connectivity index (χ4v) is 5.70. The molecule has 1 atom stereocenters. The number of ether oxygens (including phenoxy) is 3. The third kappa shape index (κ3) is 7.94. The van der Waals surface area contributed by atoms with Crippen molar-refractivity contribution in [2.24, 2.45) is 0 Å². The van der Waals surface area contributed by atoms with Crippen LogP contribution in [0.2, 0.25) is 0 Å². The fraction of sp³-hybridized carbons (Fsp3) is 0.355. The molecule has 0 saturated carbocycles. The Hall–Kier alpha value is -4.25. The minimum atomic E-state index is -4.29. The van der Waals surface area contributed by atoms with Crippen molar-refractivity contribution in [2.45, 2.75) is 44.7 Å². The Kier molecular flexibility index (Phi) is 11.6. The van der Waals surface area contributed by atoms with E-state index in [2.05, 4.69) is 5.32 Å². The van der Waals surface area contributed by atoms with E-state index in [0.29, 0.717) is 24.7 Å². The summed E-state index contributed by atoms with van der Waals surface area (Å²) >= 11 is 0. The Morgan fingerprint density at radius 1 is 0.905 bits per heavy atom. The average Bonchev–Trinajstić information content (AvgIpc) is 3.01. The van der Waals surface area contributed by atoms with Gasteiger partial charge in [0.2, 0.25) is 11.8 Å². The maximum Gasteiger partial charge on any atom is 0.264 e. The Bertz CT molecular complexity index is 1430. The number of carbonyl (C=O) groups excluding carboxylic acids is 2. The number of rotatable bonds is 15. The number of anilines is 1. The number of hydrogen-bond donors (Lipinski definition) is 1. The summed E-state index contributed by atoms with van der Waals surface area (Å²) in [6.07, 6.45) is 0.736. The highest BCUT2D eigenvalue weighted by molar-refractivity contribution is 7.92. The van der Waals surface area contributed by atoms with Gasteiger partial charge in [-0.3, -0.25) is 13.9 Å². The molecule has 0 radical (unpaired) electrons. The molecule has 0 spiro atoms. The predicted molar refractivity (Wildman–Crippen MR) is 161 cm³/mol. The molecule has 3 aromatic rings. The van der Waals surface area contributed by atoms with E-state index >= 15 is 0 Å². The van der Waals surface area contributed by atoms with E-state index in [-0.39, 0.29) is 28.8 Å². The molecule has 3 rings (SSSR count). The van der Waals surface area contributed by atoms with Crippen LogP contribution in [0, 0.1) is 0 Å². The highest BCUT2D eigenvalue weighted by Gasteiger charge is 2.33. The molecule has 0 fully saturated rings. The molecule has 0 heterocycles. The molecule has 0 saturated heterocycles. The molecule has 1 N–H and O–H groups in total. The van der Waals surface area contributed by atoms with Crippen LogP contribution in [0.4, 0.5) is 5.69 Å². The second-order valence-electron chi connectivity index (χ2n) is 9.43. The molecule has 0 bridgehead atoms. The molecule has 2 amide bonds. The molecule has 0 aromatic heterocycles. The van der Waals surface area contributed by atoms with Crippen LogP contribution in [0.5, 0.6) is 17.2 Å². The van der Waals surface area contributed by atoms with Gasteiger partial charge in [0, 0.05) is 19.2 Å². The Morgan fingerprint density at radius 2 is 1.57 bits per heavy atom. The van der Waals surface area contributed by atoms with E-state index < -0.39 is 28.5 Å². The first-order chi connectivity index (χ1) is 20.2. The van der Waals surface area contributed by atoms with Crippen LogP contribution >= 0.6 is 0 Å². The van der Waals surface area contributed by atoms with Crippen molar-refractivity contribution in [3.8, 4) is 17.2 Å². The van der Waals surface area contributed by atoms with Crippen LogP contribution < -0.4 is 23.8 Å². The molecular weight excluding hydrogens is 558 g/mol. The van der Waals surface area contributed by atoms with E-state index in [1.165, 1.54) is 37.3 Å². The van der Waals surface area contributed by atoms with E-state index in [4.69, 9.17) is 14.2 Å². The maximum absolute atomic E-state index is 14.1. The molecule has 42 heavy (non-hydrogen) atoms. The summed E-state index contributed by atoms with van der Waals surface area (Å²) in [6.45, 7) is 5.89. The number of benzene rings is 3. The number of methoxy groups -OCH3 is 2. The molecule has 11 heteroatoms. The molecule has 0 unspecified atom stereocenters. The number of sulfonamides is 1. The highest BCUT2D eigenvalue weighted by atomic mass is 32.2. The monoisotopic (exact) mass is 597 g/mol. The van der Waals surface area contributed by atoms with Crippen LogP contribution in [-0.4, -0.2) is 65.1 Å². The van der Waals surface area contributed by atoms with Crippen LogP contribution in [0.3, 0.4) is 0 Å². The molecule has 226 valence electrons. The van der Waals surface area contributed by atoms with Gasteiger partial charge >= 0.3 is 0 Å². The van der Waals surface area contributed by atoms with Gasteiger partial charge in [0.25, 0.3) is 10.0 Å². The van der Waals surface area contributed by atoms with E-state index in [9.17, 15) is 18.0 Å². The topological polar surface area (TPSA) is 114 Å². The quantitative estimate of drug-likeness (QED) is 0.279. The smallest absolute Gasteiger partial charge is 0.264 e. The Balaban J connectivity index is 2.06. The lowest BCUT2D eigenvalue weighted by atomic mass is 10.1. The zero-order valence-corrected chi connectivity index (χ0v) is 25.5. The van der Waals surface area contributed by atoms with Crippen LogP contribution in [0.15, 0.2) is 77.7 Å². The summed E-state index contributed by atoms with van der Waals surface area (Å²) in [7, 11) is -1.42. The minimum absolute atomic E-state index is 0.0924. The molecular formula is C31H39N3O7S. The van der Waals surface area contributed by atoms with Gasteiger partial charge in [-0.1, -0.05) is 37.3 Å². The Labute approximate surface area is 248 Å². The molecule has 3 aromatic carbocycles. The van der Waals surface area contributed by atoms with Crippen molar-refractivity contribution in [1.29, 1.82) is 0 Å². The molecule has 0 aliphatic carbocycles. The minimum Gasteiger partial charge on any atom is -0.494 e. The van der Waals surface area contributed by atoms with Crippen molar-refractivity contribution >= 4 is 27.5 Å². The van der Waals surface area contributed by atoms with Gasteiger partial charge in [-0.05, 0) is 62.2 Å².